The second kappa shape index (κ2) is 8.02. The smallest absolute Gasteiger partial charge is 0.231 e. The van der Waals surface area contributed by atoms with Crippen LogP contribution in [0.5, 0.6) is 11.5 Å². The van der Waals surface area contributed by atoms with Gasteiger partial charge >= 0.3 is 0 Å². The summed E-state index contributed by atoms with van der Waals surface area (Å²) < 4.78 is 12.3. The van der Waals surface area contributed by atoms with Crippen LogP contribution in [0.15, 0.2) is 36.7 Å². The summed E-state index contributed by atoms with van der Waals surface area (Å²) in [7, 11) is 3.14. The van der Waals surface area contributed by atoms with Crippen molar-refractivity contribution in [3.63, 3.8) is 0 Å². The van der Waals surface area contributed by atoms with E-state index in [0.29, 0.717) is 36.1 Å². The van der Waals surface area contributed by atoms with E-state index in [-0.39, 0.29) is 11.8 Å². The van der Waals surface area contributed by atoms with Crippen molar-refractivity contribution in [2.45, 2.75) is 13.8 Å². The van der Waals surface area contributed by atoms with Crippen molar-refractivity contribution >= 4 is 17.4 Å². The molecule has 0 atom stereocenters. The first-order chi connectivity index (χ1) is 14.5. The minimum Gasteiger partial charge on any atom is -0.493 e. The molecule has 1 aliphatic rings. The fourth-order valence-corrected chi connectivity index (χ4v) is 3.48. The molecule has 0 saturated carbocycles. The molecule has 0 unspecified atom stereocenters. The lowest BCUT2D eigenvalue weighted by Crippen LogP contribution is -2.52. The van der Waals surface area contributed by atoms with Crippen LogP contribution in [-0.2, 0) is 4.79 Å². The molecule has 2 aromatic heterocycles. The van der Waals surface area contributed by atoms with Crippen molar-refractivity contribution in [1.82, 2.24) is 19.7 Å². The predicted octanol–water partition coefficient (Wildman–Crippen LogP) is 2.37. The maximum absolute atomic E-state index is 12.6. The number of benzene rings is 1. The Morgan fingerprint density at radius 2 is 1.77 bits per heavy atom. The highest BCUT2D eigenvalue weighted by molar-refractivity contribution is 5.94. The van der Waals surface area contributed by atoms with E-state index < -0.39 is 0 Å². The second-order valence-corrected chi connectivity index (χ2v) is 7.23. The van der Waals surface area contributed by atoms with Gasteiger partial charge in [0.1, 0.15) is 12.1 Å². The first-order valence-electron chi connectivity index (χ1n) is 9.62. The monoisotopic (exact) mass is 408 g/mol. The molecule has 9 nitrogen and oxygen atoms in total. The van der Waals surface area contributed by atoms with Gasteiger partial charge in [0.15, 0.2) is 17.3 Å². The molecule has 1 amide bonds. The molecule has 156 valence electrons. The predicted molar refractivity (Wildman–Crippen MR) is 113 cm³/mol. The van der Waals surface area contributed by atoms with Gasteiger partial charge in [0.2, 0.25) is 5.91 Å². The Labute approximate surface area is 174 Å². The van der Waals surface area contributed by atoms with Gasteiger partial charge in [-0.2, -0.15) is 5.10 Å². The molecule has 1 N–H and O–H groups in total. The summed E-state index contributed by atoms with van der Waals surface area (Å²) in [6.45, 7) is 5.11. The maximum atomic E-state index is 12.6. The Morgan fingerprint density at radius 1 is 1.03 bits per heavy atom. The Balaban J connectivity index is 1.40. The Kier molecular flexibility index (Phi) is 5.26. The zero-order valence-corrected chi connectivity index (χ0v) is 17.4. The standard InChI is InChI=1S/C21H24N6O3/c1-13-7-14(2)27(25-13)20-9-19(22-12-23-20)26-10-15(11-26)21(28)24-16-5-6-17(29-3)18(8-16)30-4/h5-9,12,15H,10-11H2,1-4H3,(H,24,28). The van der Waals surface area contributed by atoms with Crippen molar-refractivity contribution in [2.24, 2.45) is 5.92 Å². The van der Waals surface area contributed by atoms with Gasteiger partial charge in [0.25, 0.3) is 0 Å². The molecular formula is C21H24N6O3. The van der Waals surface area contributed by atoms with Crippen LogP contribution in [0.4, 0.5) is 11.5 Å². The number of amides is 1. The summed E-state index contributed by atoms with van der Waals surface area (Å²) in [5.74, 6) is 2.53. The molecule has 0 aliphatic carbocycles. The summed E-state index contributed by atoms with van der Waals surface area (Å²) in [5, 5.41) is 7.41. The van der Waals surface area contributed by atoms with Gasteiger partial charge in [0.05, 0.1) is 25.8 Å². The van der Waals surface area contributed by atoms with Gasteiger partial charge in [-0.25, -0.2) is 14.6 Å². The molecule has 9 heteroatoms. The molecule has 3 heterocycles. The molecule has 30 heavy (non-hydrogen) atoms. The van der Waals surface area contributed by atoms with Crippen molar-refractivity contribution in [2.75, 3.05) is 37.5 Å². The van der Waals surface area contributed by atoms with E-state index in [4.69, 9.17) is 9.47 Å². The lowest BCUT2D eigenvalue weighted by molar-refractivity contribution is -0.120. The zero-order valence-electron chi connectivity index (χ0n) is 17.4. The lowest BCUT2D eigenvalue weighted by atomic mass is 9.99. The Bertz CT molecular complexity index is 1070. The maximum Gasteiger partial charge on any atom is 0.231 e. The molecule has 1 fully saturated rings. The number of carbonyl (C=O) groups excluding carboxylic acids is 1. The van der Waals surface area contributed by atoms with Crippen LogP contribution in [-0.4, -0.2) is 53.0 Å². The summed E-state index contributed by atoms with van der Waals surface area (Å²) in [6, 6.07) is 9.20. The zero-order chi connectivity index (χ0) is 21.3. The quantitative estimate of drug-likeness (QED) is 0.669. The van der Waals surface area contributed by atoms with Crippen LogP contribution in [0, 0.1) is 19.8 Å². The normalized spacial score (nSPS) is 13.7. The van der Waals surface area contributed by atoms with Crippen molar-refractivity contribution in [3.8, 4) is 17.3 Å². The average Bonchev–Trinajstić information content (AvgIpc) is 3.05. The fraction of sp³-hybridized carbons (Fsp3) is 0.333. The molecule has 0 spiro atoms. The summed E-state index contributed by atoms with van der Waals surface area (Å²) >= 11 is 0. The summed E-state index contributed by atoms with van der Waals surface area (Å²) in [6.07, 6.45) is 1.53. The first kappa shape index (κ1) is 19.7. The minimum atomic E-state index is -0.120. The van der Waals surface area contributed by atoms with Crippen LogP contribution in [0.3, 0.4) is 0 Å². The number of aryl methyl sites for hydroxylation is 2. The summed E-state index contributed by atoms with van der Waals surface area (Å²) in [5.41, 5.74) is 2.61. The highest BCUT2D eigenvalue weighted by Gasteiger charge is 2.34. The number of aromatic nitrogens is 4. The number of methoxy groups -OCH3 is 2. The van der Waals surface area contributed by atoms with Crippen LogP contribution in [0.2, 0.25) is 0 Å². The molecule has 4 rings (SSSR count). The van der Waals surface area contributed by atoms with E-state index in [2.05, 4.69) is 25.3 Å². The largest absolute Gasteiger partial charge is 0.493 e. The number of nitrogens with one attached hydrogen (secondary N) is 1. The number of hydrogen-bond acceptors (Lipinski definition) is 7. The second-order valence-electron chi connectivity index (χ2n) is 7.23. The van der Waals surface area contributed by atoms with E-state index in [1.165, 1.54) is 6.33 Å². The van der Waals surface area contributed by atoms with Gasteiger partial charge in [-0.3, -0.25) is 4.79 Å². The van der Waals surface area contributed by atoms with E-state index in [1.54, 1.807) is 37.1 Å². The van der Waals surface area contributed by atoms with Crippen LogP contribution >= 0.6 is 0 Å². The third kappa shape index (κ3) is 3.78. The van der Waals surface area contributed by atoms with Gasteiger partial charge < -0.3 is 19.7 Å². The number of hydrogen-bond donors (Lipinski definition) is 1. The van der Waals surface area contributed by atoms with E-state index in [1.807, 2.05) is 26.0 Å². The first-order valence-corrected chi connectivity index (χ1v) is 9.62. The van der Waals surface area contributed by atoms with Gasteiger partial charge in [-0.15, -0.1) is 0 Å². The van der Waals surface area contributed by atoms with Crippen LogP contribution in [0.25, 0.3) is 5.82 Å². The molecule has 0 bridgehead atoms. The highest BCUT2D eigenvalue weighted by Crippen LogP contribution is 2.31. The number of ether oxygens (including phenoxy) is 2. The number of carbonyl (C=O) groups is 1. The van der Waals surface area contributed by atoms with Crippen LogP contribution < -0.4 is 19.7 Å². The third-order valence-electron chi connectivity index (χ3n) is 5.09. The average molecular weight is 408 g/mol. The van der Waals surface area contributed by atoms with E-state index in [9.17, 15) is 4.79 Å². The fourth-order valence-electron chi connectivity index (χ4n) is 3.48. The minimum absolute atomic E-state index is 0.0358. The topological polar surface area (TPSA) is 94.4 Å². The van der Waals surface area contributed by atoms with E-state index in [0.717, 1.165) is 17.2 Å². The number of rotatable bonds is 6. The molecule has 0 radical (unpaired) electrons. The molecule has 1 aromatic carbocycles. The van der Waals surface area contributed by atoms with Crippen LogP contribution in [0.1, 0.15) is 11.4 Å². The number of nitrogens with zero attached hydrogens (tertiary/aromatic N) is 5. The molecular weight excluding hydrogens is 384 g/mol. The van der Waals surface area contributed by atoms with Gasteiger partial charge in [0, 0.05) is 36.6 Å². The van der Waals surface area contributed by atoms with Crippen molar-refractivity contribution in [1.29, 1.82) is 0 Å². The number of anilines is 2. The molecule has 3 aromatic rings. The molecule has 1 aliphatic heterocycles. The SMILES string of the molecule is COc1ccc(NC(=O)C2CN(c3cc(-n4nc(C)cc4C)ncn3)C2)cc1OC. The Morgan fingerprint density at radius 3 is 2.43 bits per heavy atom. The lowest BCUT2D eigenvalue weighted by Gasteiger charge is -2.39. The molecule has 1 saturated heterocycles. The van der Waals surface area contributed by atoms with Gasteiger partial charge in [-0.1, -0.05) is 0 Å². The van der Waals surface area contributed by atoms with Crippen molar-refractivity contribution in [3.05, 3.63) is 48.0 Å². The summed E-state index contributed by atoms with van der Waals surface area (Å²) in [4.78, 5) is 23.3. The van der Waals surface area contributed by atoms with Gasteiger partial charge in [-0.05, 0) is 32.0 Å². The van der Waals surface area contributed by atoms with E-state index >= 15 is 0 Å². The Hall–Kier alpha value is -3.62. The highest BCUT2D eigenvalue weighted by atomic mass is 16.5. The van der Waals surface area contributed by atoms with Crippen molar-refractivity contribution < 1.29 is 14.3 Å². The third-order valence-corrected chi connectivity index (χ3v) is 5.09.